The van der Waals surface area contributed by atoms with Crippen LogP contribution in [0, 0.1) is 0 Å². The molecule has 18 heavy (non-hydrogen) atoms. The number of halogens is 2. The lowest BCUT2D eigenvalue weighted by atomic mass is 10.2. The molecular weight excluding hydrogens is 323 g/mol. The number of nitrogens with zero attached hydrogens (tertiary/aromatic N) is 2. The summed E-state index contributed by atoms with van der Waals surface area (Å²) in [5.41, 5.74) is 0.641. The molecule has 2 rings (SSSR count). The van der Waals surface area contributed by atoms with Gasteiger partial charge in [-0.15, -0.1) is 0 Å². The average molecular weight is 332 g/mol. The van der Waals surface area contributed by atoms with Crippen LogP contribution in [0.25, 0.3) is 11.4 Å². The minimum atomic E-state index is -0.644. The first-order valence-electron chi connectivity index (χ1n) is 5.08. The van der Waals surface area contributed by atoms with Crippen molar-refractivity contribution in [3.05, 3.63) is 33.6 Å². The lowest BCUT2D eigenvalue weighted by molar-refractivity contribution is 0.0470. The quantitative estimate of drug-likeness (QED) is 0.807. The van der Waals surface area contributed by atoms with Crippen molar-refractivity contribution in [3.8, 4) is 11.4 Å². The van der Waals surface area contributed by atoms with Crippen molar-refractivity contribution in [2.24, 2.45) is 0 Å². The average Bonchev–Trinajstić information content (AvgIpc) is 2.82. The van der Waals surface area contributed by atoms with E-state index in [0.717, 1.165) is 4.47 Å². The Morgan fingerprint density at radius 1 is 1.56 bits per heavy atom. The third-order valence-corrected chi connectivity index (χ3v) is 2.97. The maximum absolute atomic E-state index is 11.4. The maximum Gasteiger partial charge on any atom is 0.397 e. The predicted molar refractivity (Wildman–Crippen MR) is 68.4 cm³/mol. The van der Waals surface area contributed by atoms with Crippen LogP contribution in [0.1, 0.15) is 17.6 Å². The largest absolute Gasteiger partial charge is 0.459 e. The molecule has 0 aliphatic heterocycles. The number of hydrogen-bond donors (Lipinski definition) is 0. The molecule has 7 heteroatoms. The van der Waals surface area contributed by atoms with Crippen LogP contribution in [0.2, 0.25) is 5.02 Å². The molecule has 0 atom stereocenters. The Labute approximate surface area is 116 Å². The number of ether oxygens (including phenoxy) is 1. The molecule has 0 unspecified atom stereocenters. The number of carbonyl (C=O) groups is 1. The van der Waals surface area contributed by atoms with Gasteiger partial charge >= 0.3 is 11.9 Å². The Morgan fingerprint density at radius 3 is 3.06 bits per heavy atom. The van der Waals surface area contributed by atoms with E-state index in [1.807, 2.05) is 0 Å². The Bertz CT molecular complexity index is 585. The van der Waals surface area contributed by atoms with Crippen molar-refractivity contribution in [1.29, 1.82) is 0 Å². The second-order valence-corrected chi connectivity index (χ2v) is 4.56. The van der Waals surface area contributed by atoms with E-state index < -0.39 is 5.97 Å². The molecule has 0 saturated carbocycles. The summed E-state index contributed by atoms with van der Waals surface area (Å²) >= 11 is 9.23. The van der Waals surface area contributed by atoms with Crippen molar-refractivity contribution in [1.82, 2.24) is 10.1 Å². The standard InChI is InChI=1S/C11H8BrClN2O3/c1-2-17-11(16)10-14-9(15-18-10)7-5-6(13)3-4-8(7)12/h3-5H,2H2,1H3. The van der Waals surface area contributed by atoms with E-state index in [-0.39, 0.29) is 18.3 Å². The minimum absolute atomic E-state index is 0.182. The van der Waals surface area contributed by atoms with Gasteiger partial charge in [0, 0.05) is 15.1 Å². The summed E-state index contributed by atoms with van der Waals surface area (Å²) in [6.07, 6.45) is 0. The van der Waals surface area contributed by atoms with E-state index in [4.69, 9.17) is 20.9 Å². The topological polar surface area (TPSA) is 65.2 Å². The monoisotopic (exact) mass is 330 g/mol. The summed E-state index contributed by atoms with van der Waals surface area (Å²) in [6, 6.07) is 5.16. The third kappa shape index (κ3) is 2.70. The summed E-state index contributed by atoms with van der Waals surface area (Å²) in [4.78, 5) is 15.3. The molecule has 0 aliphatic carbocycles. The summed E-state index contributed by atoms with van der Waals surface area (Å²) < 4.78 is 10.3. The second kappa shape index (κ2) is 5.49. The summed E-state index contributed by atoms with van der Waals surface area (Å²) in [5, 5.41) is 4.25. The van der Waals surface area contributed by atoms with Crippen LogP contribution in [0.15, 0.2) is 27.2 Å². The maximum atomic E-state index is 11.4. The van der Waals surface area contributed by atoms with Gasteiger partial charge in [-0.2, -0.15) is 4.98 Å². The van der Waals surface area contributed by atoms with Crippen LogP contribution in [0.5, 0.6) is 0 Å². The number of aromatic nitrogens is 2. The fourth-order valence-corrected chi connectivity index (χ4v) is 1.87. The zero-order valence-corrected chi connectivity index (χ0v) is 11.7. The predicted octanol–water partition coefficient (Wildman–Crippen LogP) is 3.33. The van der Waals surface area contributed by atoms with E-state index in [1.54, 1.807) is 25.1 Å². The molecule has 0 aliphatic rings. The number of rotatable bonds is 3. The van der Waals surface area contributed by atoms with Gasteiger partial charge < -0.3 is 9.26 Å². The number of carbonyl (C=O) groups excluding carboxylic acids is 1. The normalized spacial score (nSPS) is 10.4. The highest BCUT2D eigenvalue weighted by Crippen LogP contribution is 2.28. The van der Waals surface area contributed by atoms with Crippen molar-refractivity contribution in [2.45, 2.75) is 6.92 Å². The number of esters is 1. The molecule has 2 aromatic rings. The van der Waals surface area contributed by atoms with E-state index >= 15 is 0 Å². The van der Waals surface area contributed by atoms with E-state index in [0.29, 0.717) is 10.6 Å². The molecule has 0 spiro atoms. The van der Waals surface area contributed by atoms with E-state index in [1.165, 1.54) is 0 Å². The Morgan fingerprint density at radius 2 is 2.33 bits per heavy atom. The van der Waals surface area contributed by atoms with E-state index in [9.17, 15) is 4.79 Å². The number of benzene rings is 1. The van der Waals surface area contributed by atoms with Gasteiger partial charge in [0.05, 0.1) is 6.61 Å². The molecule has 1 heterocycles. The van der Waals surface area contributed by atoms with Crippen molar-refractivity contribution in [2.75, 3.05) is 6.61 Å². The van der Waals surface area contributed by atoms with Crippen LogP contribution in [0.4, 0.5) is 0 Å². The molecule has 0 saturated heterocycles. The van der Waals surface area contributed by atoms with Gasteiger partial charge in [0.1, 0.15) is 0 Å². The van der Waals surface area contributed by atoms with Gasteiger partial charge in [0.25, 0.3) is 0 Å². The van der Waals surface area contributed by atoms with Crippen molar-refractivity contribution < 1.29 is 14.1 Å². The van der Waals surface area contributed by atoms with Gasteiger partial charge in [-0.05, 0) is 25.1 Å². The zero-order valence-electron chi connectivity index (χ0n) is 9.31. The lowest BCUT2D eigenvalue weighted by Gasteiger charge is -1.98. The van der Waals surface area contributed by atoms with Crippen molar-refractivity contribution >= 4 is 33.5 Å². The fourth-order valence-electron chi connectivity index (χ4n) is 1.28. The van der Waals surface area contributed by atoms with Gasteiger partial charge in [-0.1, -0.05) is 32.7 Å². The molecule has 0 fully saturated rings. The van der Waals surface area contributed by atoms with Gasteiger partial charge in [-0.25, -0.2) is 4.79 Å². The highest BCUT2D eigenvalue weighted by atomic mass is 79.9. The van der Waals surface area contributed by atoms with Gasteiger partial charge in [-0.3, -0.25) is 0 Å². The molecule has 5 nitrogen and oxygen atoms in total. The summed E-state index contributed by atoms with van der Waals surface area (Å²) in [5.74, 6) is -0.555. The Kier molecular flexibility index (Phi) is 3.98. The molecule has 94 valence electrons. The van der Waals surface area contributed by atoms with Crippen LogP contribution in [0.3, 0.4) is 0 Å². The van der Waals surface area contributed by atoms with Crippen molar-refractivity contribution in [3.63, 3.8) is 0 Å². The van der Waals surface area contributed by atoms with Gasteiger partial charge in [0.15, 0.2) is 0 Å². The zero-order chi connectivity index (χ0) is 13.1. The van der Waals surface area contributed by atoms with Gasteiger partial charge in [0.2, 0.25) is 5.82 Å². The van der Waals surface area contributed by atoms with Crippen LogP contribution in [-0.4, -0.2) is 22.7 Å². The summed E-state index contributed by atoms with van der Waals surface area (Å²) in [7, 11) is 0. The first-order valence-corrected chi connectivity index (χ1v) is 6.25. The molecule has 0 bridgehead atoms. The molecule has 1 aromatic heterocycles. The molecule has 1 aromatic carbocycles. The molecule has 0 N–H and O–H groups in total. The van der Waals surface area contributed by atoms with E-state index in [2.05, 4.69) is 26.1 Å². The van der Waals surface area contributed by atoms with Crippen LogP contribution < -0.4 is 0 Å². The smallest absolute Gasteiger partial charge is 0.397 e. The minimum Gasteiger partial charge on any atom is -0.459 e. The fraction of sp³-hybridized carbons (Fsp3) is 0.182. The Balaban J connectivity index is 2.35. The highest BCUT2D eigenvalue weighted by molar-refractivity contribution is 9.10. The SMILES string of the molecule is CCOC(=O)c1nc(-c2cc(Cl)ccc2Br)no1. The summed E-state index contributed by atoms with van der Waals surface area (Å²) in [6.45, 7) is 1.94. The second-order valence-electron chi connectivity index (χ2n) is 3.27. The number of hydrogen-bond acceptors (Lipinski definition) is 5. The highest BCUT2D eigenvalue weighted by Gasteiger charge is 2.18. The molecule has 0 amide bonds. The first kappa shape index (κ1) is 13.0. The van der Waals surface area contributed by atoms with Crippen LogP contribution >= 0.6 is 27.5 Å². The Hall–Kier alpha value is -1.40. The molecular formula is C11H8BrClN2O3. The third-order valence-electron chi connectivity index (χ3n) is 2.05. The first-order chi connectivity index (χ1) is 8.61. The van der Waals surface area contributed by atoms with Crippen LogP contribution in [-0.2, 0) is 4.74 Å². The lowest BCUT2D eigenvalue weighted by Crippen LogP contribution is -2.04. The molecule has 0 radical (unpaired) electrons.